The highest BCUT2D eigenvalue weighted by Crippen LogP contribution is 2.14. The van der Waals surface area contributed by atoms with Crippen LogP contribution in [-0.4, -0.2) is 30.0 Å². The van der Waals surface area contributed by atoms with Crippen molar-refractivity contribution in [3.8, 4) is 0 Å². The van der Waals surface area contributed by atoms with Gasteiger partial charge in [0, 0.05) is 31.3 Å². The summed E-state index contributed by atoms with van der Waals surface area (Å²) in [5.41, 5.74) is 0.312. The van der Waals surface area contributed by atoms with Crippen LogP contribution >= 0.6 is 0 Å². The summed E-state index contributed by atoms with van der Waals surface area (Å²) in [6, 6.07) is 5.95. The molecule has 0 aliphatic heterocycles. The third-order valence-corrected chi connectivity index (χ3v) is 3.66. The molecule has 94 valence electrons. The van der Waals surface area contributed by atoms with Crippen LogP contribution in [0.1, 0.15) is 16.2 Å². The van der Waals surface area contributed by atoms with E-state index in [0.717, 1.165) is 6.26 Å². The zero-order valence-electron chi connectivity index (χ0n) is 9.99. The number of benzene rings is 1. The predicted octanol–water partition coefficient (Wildman–Crippen LogP) is 1.05. The largest absolute Gasteiger partial charge is 0.331 e. The van der Waals surface area contributed by atoms with Crippen molar-refractivity contribution < 1.29 is 13.2 Å². The highest BCUT2D eigenvalue weighted by atomic mass is 32.2. The number of carbonyl (C=O) groups excluding carboxylic acids is 1. The highest BCUT2D eigenvalue weighted by molar-refractivity contribution is 7.90. The lowest BCUT2D eigenvalue weighted by Gasteiger charge is -2.03. The van der Waals surface area contributed by atoms with Crippen molar-refractivity contribution in [1.29, 1.82) is 0 Å². The molecule has 0 unspecified atom stereocenters. The molecule has 0 saturated carbocycles. The first-order valence-corrected chi connectivity index (χ1v) is 7.11. The Labute approximate surface area is 105 Å². The van der Waals surface area contributed by atoms with Gasteiger partial charge in [-0.15, -0.1) is 0 Å². The van der Waals surface area contributed by atoms with Gasteiger partial charge in [-0.3, -0.25) is 4.79 Å². The number of imidazole rings is 1. The fourth-order valence-electron chi connectivity index (χ4n) is 1.58. The van der Waals surface area contributed by atoms with Crippen LogP contribution in [0.5, 0.6) is 0 Å². The third kappa shape index (κ3) is 2.33. The van der Waals surface area contributed by atoms with Gasteiger partial charge in [0.15, 0.2) is 15.7 Å². The molecule has 0 saturated heterocycles. The minimum absolute atomic E-state index is 0.127. The second kappa shape index (κ2) is 4.38. The molecule has 1 heterocycles. The van der Waals surface area contributed by atoms with Crippen molar-refractivity contribution >= 4 is 15.6 Å². The Kier molecular flexibility index (Phi) is 3.04. The number of hydrogen-bond donors (Lipinski definition) is 0. The van der Waals surface area contributed by atoms with Crippen LogP contribution in [0.2, 0.25) is 0 Å². The summed E-state index contributed by atoms with van der Waals surface area (Å²) in [6.45, 7) is 0. The minimum Gasteiger partial charge on any atom is -0.331 e. The summed E-state index contributed by atoms with van der Waals surface area (Å²) in [7, 11) is -1.61. The van der Waals surface area contributed by atoms with E-state index in [1.807, 2.05) is 0 Å². The Morgan fingerprint density at radius 1 is 1.33 bits per heavy atom. The Morgan fingerprint density at radius 3 is 2.61 bits per heavy atom. The second-order valence-corrected chi connectivity index (χ2v) is 6.01. The van der Waals surface area contributed by atoms with Crippen LogP contribution in [0.25, 0.3) is 0 Å². The van der Waals surface area contributed by atoms with Crippen molar-refractivity contribution in [2.24, 2.45) is 7.05 Å². The van der Waals surface area contributed by atoms with E-state index in [0.29, 0.717) is 5.56 Å². The first-order valence-electron chi connectivity index (χ1n) is 5.22. The summed E-state index contributed by atoms with van der Waals surface area (Å²) in [5, 5.41) is 0. The molecular formula is C12H12N2O3S. The molecule has 0 N–H and O–H groups in total. The molecule has 5 nitrogen and oxygen atoms in total. The Balaban J connectivity index is 2.47. The number of ketones is 1. The fraction of sp³-hybridized carbons (Fsp3) is 0.167. The Morgan fingerprint density at radius 2 is 2.06 bits per heavy atom. The first kappa shape index (κ1) is 12.5. The van der Waals surface area contributed by atoms with E-state index in [2.05, 4.69) is 4.98 Å². The maximum Gasteiger partial charge on any atom is 0.228 e. The van der Waals surface area contributed by atoms with Crippen LogP contribution in [0.3, 0.4) is 0 Å². The molecular weight excluding hydrogens is 252 g/mol. The smallest absolute Gasteiger partial charge is 0.228 e. The molecule has 18 heavy (non-hydrogen) atoms. The standard InChI is InChI=1S/C12H12N2O3S/c1-14-7-6-13-12(14)11(15)9-4-3-5-10(8-9)18(2,16)17/h3-8H,1-2H3. The molecule has 0 atom stereocenters. The lowest BCUT2D eigenvalue weighted by atomic mass is 10.1. The number of nitrogens with zero attached hydrogens (tertiary/aromatic N) is 2. The molecule has 6 heteroatoms. The zero-order chi connectivity index (χ0) is 13.3. The van der Waals surface area contributed by atoms with Crippen molar-refractivity contribution in [3.63, 3.8) is 0 Å². The Bertz CT molecular complexity index is 702. The molecule has 0 aliphatic carbocycles. The number of rotatable bonds is 3. The van der Waals surface area contributed by atoms with Crippen molar-refractivity contribution in [2.45, 2.75) is 4.90 Å². The quantitative estimate of drug-likeness (QED) is 0.777. The van der Waals surface area contributed by atoms with Gasteiger partial charge in [-0.05, 0) is 12.1 Å². The molecule has 0 amide bonds. The summed E-state index contributed by atoms with van der Waals surface area (Å²) in [5.74, 6) is -0.0198. The molecule has 2 rings (SSSR count). The second-order valence-electron chi connectivity index (χ2n) is 3.99. The average molecular weight is 264 g/mol. The number of aromatic nitrogens is 2. The molecule has 0 bridgehead atoms. The molecule has 2 aromatic rings. The van der Waals surface area contributed by atoms with E-state index in [-0.39, 0.29) is 16.5 Å². The summed E-state index contributed by atoms with van der Waals surface area (Å²) >= 11 is 0. The summed E-state index contributed by atoms with van der Waals surface area (Å²) in [6.07, 6.45) is 4.29. The van der Waals surface area contributed by atoms with Gasteiger partial charge in [-0.1, -0.05) is 12.1 Å². The van der Waals surface area contributed by atoms with Crippen LogP contribution in [0, 0.1) is 0 Å². The van der Waals surface area contributed by atoms with E-state index in [1.54, 1.807) is 29.9 Å². The summed E-state index contributed by atoms with van der Waals surface area (Å²) < 4.78 is 24.5. The molecule has 0 aliphatic rings. The minimum atomic E-state index is -3.32. The van der Waals surface area contributed by atoms with Crippen molar-refractivity contribution in [1.82, 2.24) is 9.55 Å². The zero-order valence-corrected chi connectivity index (χ0v) is 10.8. The number of hydrogen-bond acceptors (Lipinski definition) is 4. The lowest BCUT2D eigenvalue weighted by Crippen LogP contribution is -2.09. The molecule has 1 aromatic heterocycles. The Hall–Kier alpha value is -1.95. The van der Waals surface area contributed by atoms with Crippen molar-refractivity contribution in [2.75, 3.05) is 6.26 Å². The molecule has 0 spiro atoms. The van der Waals surface area contributed by atoms with E-state index >= 15 is 0 Å². The summed E-state index contributed by atoms with van der Waals surface area (Å²) in [4.78, 5) is 16.2. The van der Waals surface area contributed by atoms with Gasteiger partial charge in [-0.2, -0.15) is 0 Å². The number of carbonyl (C=O) groups is 1. The number of aryl methyl sites for hydroxylation is 1. The van der Waals surface area contributed by atoms with Crippen LogP contribution < -0.4 is 0 Å². The van der Waals surface area contributed by atoms with Gasteiger partial charge < -0.3 is 4.57 Å². The van der Waals surface area contributed by atoms with Gasteiger partial charge in [-0.25, -0.2) is 13.4 Å². The monoisotopic (exact) mass is 264 g/mol. The van der Waals surface area contributed by atoms with Gasteiger partial charge in [0.1, 0.15) is 0 Å². The predicted molar refractivity (Wildman–Crippen MR) is 66.2 cm³/mol. The highest BCUT2D eigenvalue weighted by Gasteiger charge is 2.16. The van der Waals surface area contributed by atoms with Gasteiger partial charge in [0.2, 0.25) is 5.78 Å². The topological polar surface area (TPSA) is 69.0 Å². The lowest BCUT2D eigenvalue weighted by molar-refractivity contribution is 0.102. The normalized spacial score (nSPS) is 11.4. The van der Waals surface area contributed by atoms with Gasteiger partial charge in [0.05, 0.1) is 4.90 Å². The van der Waals surface area contributed by atoms with E-state index < -0.39 is 9.84 Å². The molecule has 0 fully saturated rings. The van der Waals surface area contributed by atoms with E-state index in [1.165, 1.54) is 18.3 Å². The van der Waals surface area contributed by atoms with Crippen LogP contribution in [0.4, 0.5) is 0 Å². The first-order chi connectivity index (χ1) is 8.39. The molecule has 1 aromatic carbocycles. The van der Waals surface area contributed by atoms with E-state index in [4.69, 9.17) is 0 Å². The van der Waals surface area contributed by atoms with Crippen molar-refractivity contribution in [3.05, 3.63) is 48.0 Å². The number of sulfone groups is 1. The maximum atomic E-state index is 12.1. The SMILES string of the molecule is Cn1ccnc1C(=O)c1cccc(S(C)(=O)=O)c1. The van der Waals surface area contributed by atoms with Crippen LogP contribution in [-0.2, 0) is 16.9 Å². The third-order valence-electron chi connectivity index (χ3n) is 2.55. The van der Waals surface area contributed by atoms with Crippen LogP contribution in [0.15, 0.2) is 41.6 Å². The maximum absolute atomic E-state index is 12.1. The fourth-order valence-corrected chi connectivity index (χ4v) is 2.25. The van der Waals surface area contributed by atoms with Gasteiger partial charge in [0.25, 0.3) is 0 Å². The van der Waals surface area contributed by atoms with E-state index in [9.17, 15) is 13.2 Å². The van der Waals surface area contributed by atoms with Gasteiger partial charge >= 0.3 is 0 Å². The molecule has 0 radical (unpaired) electrons. The average Bonchev–Trinajstić information content (AvgIpc) is 2.73.